The maximum atomic E-state index is 5.75. The molecular formula is C26H34N2O2S. The molecule has 1 aromatic carbocycles. The Bertz CT molecular complexity index is 929. The molecule has 1 aliphatic carbocycles. The molecule has 0 saturated carbocycles. The molecule has 166 valence electrons. The van der Waals surface area contributed by atoms with Crippen LogP contribution in [0.3, 0.4) is 0 Å². The molecule has 0 spiro atoms. The molecule has 0 fully saturated rings. The third-order valence-corrected chi connectivity index (χ3v) is 6.12. The molecule has 1 aromatic heterocycles. The molecule has 5 heteroatoms. The standard InChI is InChI=1S/C26H34N2O2S/c1-4-21(10-8-11-22-9-6-7-12-25(22)29-5-2)24-14-13-20(16-26(24)31)17-27-18-23-15-19(3)30-28-23/h4,6-7,9-10,12,15,20,27,31H,1,5,8,11,13-14,16-18H2,2-3H3/b21-10+. The van der Waals surface area contributed by atoms with E-state index in [1.54, 1.807) is 0 Å². The highest BCUT2D eigenvalue weighted by molar-refractivity contribution is 7.84. The summed E-state index contributed by atoms with van der Waals surface area (Å²) in [7, 11) is 0. The zero-order valence-corrected chi connectivity index (χ0v) is 19.6. The van der Waals surface area contributed by atoms with Crippen molar-refractivity contribution in [2.75, 3.05) is 13.2 Å². The Morgan fingerprint density at radius 2 is 2.23 bits per heavy atom. The van der Waals surface area contributed by atoms with Gasteiger partial charge in [-0.1, -0.05) is 42.1 Å². The Kier molecular flexibility index (Phi) is 9.04. The van der Waals surface area contributed by atoms with Gasteiger partial charge in [-0.25, -0.2) is 0 Å². The second-order valence-corrected chi connectivity index (χ2v) is 8.58. The van der Waals surface area contributed by atoms with Gasteiger partial charge in [0, 0.05) is 12.6 Å². The zero-order chi connectivity index (χ0) is 22.1. The summed E-state index contributed by atoms with van der Waals surface area (Å²) in [6.07, 6.45) is 9.39. The lowest BCUT2D eigenvalue weighted by atomic mass is 9.85. The van der Waals surface area contributed by atoms with E-state index in [-0.39, 0.29) is 0 Å². The first-order valence-corrected chi connectivity index (χ1v) is 11.6. The molecule has 1 atom stereocenters. The van der Waals surface area contributed by atoms with Crippen molar-refractivity contribution < 1.29 is 9.26 Å². The predicted octanol–water partition coefficient (Wildman–Crippen LogP) is 6.20. The smallest absolute Gasteiger partial charge is 0.133 e. The summed E-state index contributed by atoms with van der Waals surface area (Å²) in [6, 6.07) is 10.3. The molecule has 1 aliphatic rings. The van der Waals surface area contributed by atoms with Crippen molar-refractivity contribution in [3.8, 4) is 5.75 Å². The van der Waals surface area contributed by atoms with Crippen LogP contribution in [0.15, 0.2) is 69.6 Å². The van der Waals surface area contributed by atoms with Crippen molar-refractivity contribution in [3.05, 3.63) is 82.1 Å². The monoisotopic (exact) mass is 438 g/mol. The number of aromatic nitrogens is 1. The highest BCUT2D eigenvalue weighted by Gasteiger charge is 2.20. The lowest BCUT2D eigenvalue weighted by molar-refractivity contribution is 0.336. The quantitative estimate of drug-likeness (QED) is 0.324. The highest BCUT2D eigenvalue weighted by atomic mass is 32.1. The minimum Gasteiger partial charge on any atom is -0.494 e. The highest BCUT2D eigenvalue weighted by Crippen LogP contribution is 2.35. The van der Waals surface area contributed by atoms with Crippen LogP contribution in [0, 0.1) is 12.8 Å². The van der Waals surface area contributed by atoms with Crippen molar-refractivity contribution in [1.82, 2.24) is 10.5 Å². The van der Waals surface area contributed by atoms with E-state index in [0.717, 1.165) is 62.4 Å². The number of rotatable bonds is 11. The lowest BCUT2D eigenvalue weighted by Crippen LogP contribution is -2.24. The predicted molar refractivity (Wildman–Crippen MR) is 131 cm³/mol. The number of allylic oxidation sites excluding steroid dienone is 5. The third kappa shape index (κ3) is 6.88. The summed E-state index contributed by atoms with van der Waals surface area (Å²) < 4.78 is 10.9. The number of benzene rings is 1. The van der Waals surface area contributed by atoms with Gasteiger partial charge in [-0.15, -0.1) is 12.6 Å². The van der Waals surface area contributed by atoms with Gasteiger partial charge in [-0.2, -0.15) is 0 Å². The van der Waals surface area contributed by atoms with Crippen LogP contribution in [0.1, 0.15) is 49.6 Å². The summed E-state index contributed by atoms with van der Waals surface area (Å²) in [5, 5.41) is 7.54. The Balaban J connectivity index is 1.53. The number of nitrogens with zero attached hydrogens (tertiary/aromatic N) is 1. The minimum atomic E-state index is 0.591. The first-order chi connectivity index (χ1) is 15.1. The normalized spacial score (nSPS) is 17.1. The Labute approximate surface area is 191 Å². The first-order valence-electron chi connectivity index (χ1n) is 11.2. The SMILES string of the molecule is C=C/C(=C\CCc1ccccc1OCC)C1=C(S)CC(CNCc2cc(C)on2)CC1. The van der Waals surface area contributed by atoms with Gasteiger partial charge in [0.15, 0.2) is 0 Å². The summed E-state index contributed by atoms with van der Waals surface area (Å²) in [4.78, 5) is 1.19. The fourth-order valence-corrected chi connectivity index (χ4v) is 4.60. The van der Waals surface area contributed by atoms with Crippen molar-refractivity contribution in [2.24, 2.45) is 5.92 Å². The number of hydrogen-bond acceptors (Lipinski definition) is 5. The van der Waals surface area contributed by atoms with E-state index in [0.29, 0.717) is 12.5 Å². The van der Waals surface area contributed by atoms with Gasteiger partial charge in [-0.3, -0.25) is 0 Å². The van der Waals surface area contributed by atoms with Crippen LogP contribution in [0.4, 0.5) is 0 Å². The van der Waals surface area contributed by atoms with E-state index in [2.05, 4.69) is 35.3 Å². The fourth-order valence-electron chi connectivity index (χ4n) is 4.10. The van der Waals surface area contributed by atoms with Crippen LogP contribution in [0.25, 0.3) is 0 Å². The van der Waals surface area contributed by atoms with Gasteiger partial charge >= 0.3 is 0 Å². The van der Waals surface area contributed by atoms with E-state index in [4.69, 9.17) is 21.9 Å². The second kappa shape index (κ2) is 12.0. The van der Waals surface area contributed by atoms with E-state index in [9.17, 15) is 0 Å². The molecule has 0 radical (unpaired) electrons. The molecule has 1 N–H and O–H groups in total. The third-order valence-electron chi connectivity index (χ3n) is 5.67. The lowest BCUT2D eigenvalue weighted by Gasteiger charge is -2.26. The molecule has 0 amide bonds. The molecule has 4 nitrogen and oxygen atoms in total. The average molecular weight is 439 g/mol. The van der Waals surface area contributed by atoms with E-state index in [1.165, 1.54) is 21.6 Å². The van der Waals surface area contributed by atoms with Gasteiger partial charge in [-0.05, 0) is 86.1 Å². The maximum Gasteiger partial charge on any atom is 0.133 e. The van der Waals surface area contributed by atoms with Gasteiger partial charge < -0.3 is 14.6 Å². The average Bonchev–Trinajstić information content (AvgIpc) is 3.18. The molecule has 1 heterocycles. The topological polar surface area (TPSA) is 47.3 Å². The molecule has 0 saturated heterocycles. The number of para-hydroxylation sites is 1. The Morgan fingerprint density at radius 3 is 2.94 bits per heavy atom. The number of thiol groups is 1. The van der Waals surface area contributed by atoms with Crippen LogP contribution in [0.2, 0.25) is 0 Å². The van der Waals surface area contributed by atoms with Crippen LogP contribution >= 0.6 is 12.6 Å². The molecule has 31 heavy (non-hydrogen) atoms. The van der Waals surface area contributed by atoms with E-state index in [1.807, 2.05) is 38.1 Å². The van der Waals surface area contributed by atoms with E-state index < -0.39 is 0 Å². The minimum absolute atomic E-state index is 0.591. The van der Waals surface area contributed by atoms with Crippen molar-refractivity contribution in [3.63, 3.8) is 0 Å². The summed E-state index contributed by atoms with van der Waals surface area (Å²) >= 11 is 4.86. The van der Waals surface area contributed by atoms with Gasteiger partial charge in [0.25, 0.3) is 0 Å². The molecule has 0 aliphatic heterocycles. The molecule has 0 bridgehead atoms. The number of nitrogens with one attached hydrogen (secondary N) is 1. The number of ether oxygens (including phenoxy) is 1. The van der Waals surface area contributed by atoms with Crippen LogP contribution in [-0.4, -0.2) is 18.3 Å². The van der Waals surface area contributed by atoms with Crippen molar-refractivity contribution in [1.29, 1.82) is 0 Å². The number of hydrogen-bond donors (Lipinski definition) is 2. The maximum absolute atomic E-state index is 5.75. The van der Waals surface area contributed by atoms with Gasteiger partial charge in [0.05, 0.1) is 12.3 Å². The first kappa shape index (κ1) is 23.4. The van der Waals surface area contributed by atoms with Crippen LogP contribution < -0.4 is 10.1 Å². The largest absolute Gasteiger partial charge is 0.494 e. The summed E-state index contributed by atoms with van der Waals surface area (Å²) in [5.41, 5.74) is 4.78. The van der Waals surface area contributed by atoms with E-state index >= 15 is 0 Å². The number of aryl methyl sites for hydroxylation is 2. The molecule has 1 unspecified atom stereocenters. The molecule has 2 aromatic rings. The van der Waals surface area contributed by atoms with Crippen molar-refractivity contribution in [2.45, 2.75) is 52.5 Å². The molecule has 3 rings (SSSR count). The molecular weight excluding hydrogens is 404 g/mol. The van der Waals surface area contributed by atoms with Crippen molar-refractivity contribution >= 4 is 12.6 Å². The second-order valence-electron chi connectivity index (χ2n) is 8.04. The Morgan fingerprint density at radius 1 is 1.39 bits per heavy atom. The summed E-state index contributed by atoms with van der Waals surface area (Å²) in [5.74, 6) is 2.43. The fraction of sp³-hybridized carbons (Fsp3) is 0.423. The Hall–Kier alpha value is -2.24. The van der Waals surface area contributed by atoms with Crippen LogP contribution in [0.5, 0.6) is 5.75 Å². The van der Waals surface area contributed by atoms with Gasteiger partial charge in [0.2, 0.25) is 0 Å². The summed E-state index contributed by atoms with van der Waals surface area (Å²) in [6.45, 7) is 10.4. The van der Waals surface area contributed by atoms with Crippen LogP contribution in [-0.2, 0) is 13.0 Å². The zero-order valence-electron chi connectivity index (χ0n) is 18.7. The van der Waals surface area contributed by atoms with Gasteiger partial charge in [0.1, 0.15) is 11.5 Å².